The van der Waals surface area contributed by atoms with Gasteiger partial charge in [0.05, 0.1) is 5.60 Å². The van der Waals surface area contributed by atoms with E-state index in [0.29, 0.717) is 31.1 Å². The van der Waals surface area contributed by atoms with Crippen molar-refractivity contribution in [3.8, 4) is 0 Å². The Morgan fingerprint density at radius 3 is 2.86 bits per heavy atom. The number of carbonyl (C=O) groups excluding carboxylic acids is 1. The van der Waals surface area contributed by atoms with E-state index in [4.69, 9.17) is 5.11 Å². The second-order valence-corrected chi connectivity index (χ2v) is 9.38. The van der Waals surface area contributed by atoms with E-state index in [9.17, 15) is 14.7 Å². The number of carboxylic acids is 1. The van der Waals surface area contributed by atoms with Gasteiger partial charge in [0.2, 0.25) is 0 Å². The fraction of sp³-hybridized carbons (Fsp3) is 0.625. The van der Waals surface area contributed by atoms with Crippen LogP contribution >= 0.6 is 0 Å². The fourth-order valence-corrected chi connectivity index (χ4v) is 6.83. The van der Waals surface area contributed by atoms with Crippen LogP contribution in [0.15, 0.2) is 41.2 Å². The van der Waals surface area contributed by atoms with E-state index >= 15 is 0 Å². The van der Waals surface area contributed by atoms with Crippen molar-refractivity contribution >= 4 is 11.8 Å². The van der Waals surface area contributed by atoms with Gasteiger partial charge in [0.15, 0.2) is 5.78 Å². The second-order valence-electron chi connectivity index (χ2n) is 9.38. The summed E-state index contributed by atoms with van der Waals surface area (Å²) < 4.78 is 0. The zero-order valence-corrected chi connectivity index (χ0v) is 16.7. The minimum absolute atomic E-state index is 0.00832. The van der Waals surface area contributed by atoms with E-state index in [-0.39, 0.29) is 23.5 Å². The first-order chi connectivity index (χ1) is 13.3. The Balaban J connectivity index is 1.77. The average Bonchev–Trinajstić information content (AvgIpc) is 2.91. The molecule has 0 unspecified atom stereocenters. The number of carbonyl (C=O) groups is 2. The molecule has 0 bridgehead atoms. The van der Waals surface area contributed by atoms with E-state index < -0.39 is 11.6 Å². The highest BCUT2D eigenvalue weighted by Crippen LogP contribution is 2.66. The summed E-state index contributed by atoms with van der Waals surface area (Å²) in [5.74, 6) is 0.305. The maximum absolute atomic E-state index is 11.9. The summed E-state index contributed by atoms with van der Waals surface area (Å²) in [4.78, 5) is 23.1. The van der Waals surface area contributed by atoms with Gasteiger partial charge in [-0.15, -0.1) is 5.73 Å². The molecule has 4 aliphatic carbocycles. The minimum Gasteiger partial charge on any atom is -0.481 e. The van der Waals surface area contributed by atoms with Gasteiger partial charge in [-0.25, -0.2) is 0 Å². The molecule has 2 fully saturated rings. The van der Waals surface area contributed by atoms with Gasteiger partial charge in [0.1, 0.15) is 0 Å². The van der Waals surface area contributed by atoms with Gasteiger partial charge >= 0.3 is 5.97 Å². The molecule has 0 heterocycles. The Morgan fingerprint density at radius 2 is 2.14 bits per heavy atom. The maximum Gasteiger partial charge on any atom is 0.303 e. The lowest BCUT2D eigenvalue weighted by Crippen LogP contribution is -2.52. The summed E-state index contributed by atoms with van der Waals surface area (Å²) in [6, 6.07) is 0. The number of rotatable bonds is 4. The van der Waals surface area contributed by atoms with Crippen LogP contribution in [-0.2, 0) is 9.59 Å². The Morgan fingerprint density at radius 1 is 1.36 bits per heavy atom. The molecule has 4 nitrogen and oxygen atoms in total. The molecule has 2 N–H and O–H groups in total. The third-order valence-corrected chi connectivity index (χ3v) is 8.17. The largest absolute Gasteiger partial charge is 0.481 e. The number of aliphatic carboxylic acids is 1. The van der Waals surface area contributed by atoms with E-state index in [0.717, 1.165) is 32.1 Å². The van der Waals surface area contributed by atoms with Gasteiger partial charge in [-0.3, -0.25) is 9.59 Å². The quantitative estimate of drug-likeness (QED) is 0.709. The summed E-state index contributed by atoms with van der Waals surface area (Å²) in [7, 11) is 0. The number of aliphatic hydroxyl groups is 1. The van der Waals surface area contributed by atoms with Crippen LogP contribution in [0.3, 0.4) is 0 Å². The third kappa shape index (κ3) is 2.86. The lowest BCUT2D eigenvalue weighted by atomic mass is 9.51. The number of allylic oxidation sites excluding steroid dienone is 5. The van der Waals surface area contributed by atoms with E-state index in [1.54, 1.807) is 0 Å². The maximum atomic E-state index is 11.9. The number of fused-ring (bicyclic) bond motifs is 4. The molecule has 0 aromatic rings. The highest BCUT2D eigenvalue weighted by atomic mass is 16.4. The lowest BCUT2D eigenvalue weighted by molar-refractivity contribution is -0.142. The zero-order chi connectivity index (χ0) is 20.1. The third-order valence-electron chi connectivity index (χ3n) is 8.17. The van der Waals surface area contributed by atoms with Gasteiger partial charge in [0, 0.05) is 24.2 Å². The smallest absolute Gasteiger partial charge is 0.303 e. The number of hydrogen-bond donors (Lipinski definition) is 2. The topological polar surface area (TPSA) is 74.6 Å². The summed E-state index contributed by atoms with van der Waals surface area (Å²) in [6.45, 7) is 5.97. The molecule has 0 spiro atoms. The van der Waals surface area contributed by atoms with Gasteiger partial charge in [-0.05, 0) is 80.1 Å². The van der Waals surface area contributed by atoms with E-state index in [1.165, 1.54) is 16.7 Å². The van der Waals surface area contributed by atoms with Crippen molar-refractivity contribution in [2.75, 3.05) is 0 Å². The van der Waals surface area contributed by atoms with Crippen molar-refractivity contribution in [1.82, 2.24) is 0 Å². The SMILES string of the molecule is C=C=C[C@H]1C[C@@]2(C)[C@@H](CC[C@@]2(O)CCC(=O)O)[C@@H]2CCC3=CC(=O)CCC3=C21. The zero-order valence-electron chi connectivity index (χ0n) is 16.7. The lowest BCUT2D eigenvalue weighted by Gasteiger charge is -2.54. The van der Waals surface area contributed by atoms with Crippen LogP contribution in [0, 0.1) is 23.2 Å². The highest BCUT2D eigenvalue weighted by molar-refractivity contribution is 5.93. The molecule has 0 radical (unpaired) electrons. The highest BCUT2D eigenvalue weighted by Gasteiger charge is 2.62. The van der Waals surface area contributed by atoms with E-state index in [2.05, 4.69) is 19.2 Å². The Bertz CT molecular complexity index is 828. The molecule has 0 aromatic heterocycles. The van der Waals surface area contributed by atoms with Crippen molar-refractivity contribution in [3.63, 3.8) is 0 Å². The van der Waals surface area contributed by atoms with Crippen molar-refractivity contribution in [2.45, 2.75) is 70.3 Å². The minimum atomic E-state index is -0.932. The molecule has 4 rings (SSSR count). The van der Waals surface area contributed by atoms with Gasteiger partial charge in [0.25, 0.3) is 0 Å². The monoisotopic (exact) mass is 382 g/mol. The molecule has 0 saturated heterocycles. The van der Waals surface area contributed by atoms with Crippen LogP contribution in [0.1, 0.15) is 64.7 Å². The Labute approximate surface area is 166 Å². The molecule has 2 saturated carbocycles. The van der Waals surface area contributed by atoms with Crippen molar-refractivity contribution < 1.29 is 19.8 Å². The van der Waals surface area contributed by atoms with Crippen LogP contribution in [0.2, 0.25) is 0 Å². The molecule has 0 aromatic carbocycles. The molecule has 150 valence electrons. The summed E-state index contributed by atoms with van der Waals surface area (Å²) >= 11 is 0. The molecular formula is C24H30O4. The van der Waals surface area contributed by atoms with Crippen LogP contribution < -0.4 is 0 Å². The molecule has 4 aliphatic rings. The predicted octanol–water partition coefficient (Wildman–Crippen LogP) is 4.36. The fourth-order valence-electron chi connectivity index (χ4n) is 6.83. The number of hydrogen-bond acceptors (Lipinski definition) is 3. The predicted molar refractivity (Wildman–Crippen MR) is 107 cm³/mol. The normalized spacial score (nSPS) is 39.4. The van der Waals surface area contributed by atoms with Crippen molar-refractivity contribution in [3.05, 3.63) is 41.2 Å². The average molecular weight is 383 g/mol. The van der Waals surface area contributed by atoms with Gasteiger partial charge in [-0.2, -0.15) is 0 Å². The second kappa shape index (κ2) is 6.86. The number of ketones is 1. The first-order valence-corrected chi connectivity index (χ1v) is 10.6. The van der Waals surface area contributed by atoms with E-state index in [1.807, 2.05) is 12.2 Å². The summed E-state index contributed by atoms with van der Waals surface area (Å²) in [6.07, 6.45) is 9.97. The van der Waals surface area contributed by atoms with Crippen LogP contribution in [-0.4, -0.2) is 27.6 Å². The molecule has 0 amide bonds. The first-order valence-electron chi connectivity index (χ1n) is 10.6. The van der Waals surface area contributed by atoms with Crippen molar-refractivity contribution in [2.24, 2.45) is 23.2 Å². The van der Waals surface area contributed by atoms with Crippen molar-refractivity contribution in [1.29, 1.82) is 0 Å². The Hall–Kier alpha value is -1.90. The Kier molecular flexibility index (Phi) is 4.76. The van der Waals surface area contributed by atoms with Gasteiger partial charge < -0.3 is 10.2 Å². The number of carboxylic acid groups (broad SMARTS) is 1. The van der Waals surface area contributed by atoms with Crippen LogP contribution in [0.25, 0.3) is 0 Å². The summed E-state index contributed by atoms with van der Waals surface area (Å²) in [5.41, 5.74) is 5.78. The molecule has 28 heavy (non-hydrogen) atoms. The standard InChI is InChI=1S/C24H30O4/c1-3-4-16-14-23(2)20(9-11-24(23,28)12-10-21(26)27)19-7-5-15-13-17(25)6-8-18(15)22(16)19/h4,13,16,19-20,28H,1,5-12,14H2,2H3,(H,26,27)/t16-,19-,20-,23-,24+/m0/s1. The summed E-state index contributed by atoms with van der Waals surface area (Å²) in [5, 5.41) is 20.7. The molecular weight excluding hydrogens is 352 g/mol. The molecule has 0 aliphatic heterocycles. The van der Waals surface area contributed by atoms with Crippen LogP contribution in [0.4, 0.5) is 0 Å². The van der Waals surface area contributed by atoms with Crippen LogP contribution in [0.5, 0.6) is 0 Å². The van der Waals surface area contributed by atoms with Gasteiger partial charge in [-0.1, -0.05) is 19.1 Å². The molecule has 4 heteroatoms. The first kappa shape index (κ1) is 19.4. The molecule has 5 atom stereocenters.